The molecule has 4 rings (SSSR count). The van der Waals surface area contributed by atoms with Crippen molar-refractivity contribution in [2.45, 2.75) is 39.3 Å². The van der Waals surface area contributed by atoms with E-state index >= 15 is 0 Å². The smallest absolute Gasteiger partial charge is 0.321 e. The zero-order valence-electron chi connectivity index (χ0n) is 18.9. The average Bonchev–Trinajstić information content (AvgIpc) is 3.17. The van der Waals surface area contributed by atoms with E-state index in [0.717, 1.165) is 42.9 Å². The van der Waals surface area contributed by atoms with Crippen LogP contribution in [0.15, 0.2) is 48.5 Å². The van der Waals surface area contributed by atoms with Crippen LogP contribution in [0.4, 0.5) is 15.3 Å². The summed E-state index contributed by atoms with van der Waals surface area (Å²) in [6, 6.07) is 16.0. The summed E-state index contributed by atoms with van der Waals surface area (Å²) in [5, 5.41) is 2.96. The fraction of sp³-hybridized carbons (Fsp3) is 0.440. The van der Waals surface area contributed by atoms with E-state index in [2.05, 4.69) is 36.5 Å². The van der Waals surface area contributed by atoms with E-state index in [-0.39, 0.29) is 18.1 Å². The van der Waals surface area contributed by atoms with Crippen LogP contribution >= 0.6 is 0 Å². The van der Waals surface area contributed by atoms with E-state index in [0.29, 0.717) is 26.2 Å². The molecule has 7 heteroatoms. The second-order valence-electron chi connectivity index (χ2n) is 8.49. The molecule has 2 aromatic carbocycles. The number of benzene rings is 2. The highest BCUT2D eigenvalue weighted by Gasteiger charge is 2.35. The molecule has 0 spiro atoms. The Bertz CT molecular complexity index is 921. The molecule has 32 heavy (non-hydrogen) atoms. The molecule has 2 heterocycles. The summed E-state index contributed by atoms with van der Waals surface area (Å²) in [7, 11) is 0. The first kappa shape index (κ1) is 22.0. The zero-order chi connectivity index (χ0) is 22.5. The van der Waals surface area contributed by atoms with Gasteiger partial charge in [-0.15, -0.1) is 0 Å². The van der Waals surface area contributed by atoms with E-state index in [4.69, 9.17) is 4.74 Å². The molecule has 4 amide bonds. The highest BCUT2D eigenvalue weighted by atomic mass is 16.5. The molecule has 170 valence electrons. The minimum absolute atomic E-state index is 0.0960. The number of rotatable bonds is 6. The van der Waals surface area contributed by atoms with E-state index < -0.39 is 0 Å². The van der Waals surface area contributed by atoms with Gasteiger partial charge in [-0.05, 0) is 56.5 Å². The van der Waals surface area contributed by atoms with Crippen LogP contribution in [0.5, 0.6) is 5.75 Å². The average molecular weight is 437 g/mol. The van der Waals surface area contributed by atoms with E-state index in [1.54, 1.807) is 0 Å². The van der Waals surface area contributed by atoms with Crippen molar-refractivity contribution in [2.75, 3.05) is 38.1 Å². The maximum atomic E-state index is 13.0. The predicted octanol–water partition coefficient (Wildman–Crippen LogP) is 4.33. The Balaban J connectivity index is 1.25. The molecule has 2 aromatic rings. The van der Waals surface area contributed by atoms with Crippen LogP contribution in [0.2, 0.25) is 0 Å². The van der Waals surface area contributed by atoms with Crippen molar-refractivity contribution < 1.29 is 14.3 Å². The molecule has 2 saturated heterocycles. The summed E-state index contributed by atoms with van der Waals surface area (Å²) in [6.45, 7) is 8.08. The molecule has 2 fully saturated rings. The molecular weight excluding hydrogens is 404 g/mol. The summed E-state index contributed by atoms with van der Waals surface area (Å²) in [4.78, 5) is 31.4. The van der Waals surface area contributed by atoms with Crippen LogP contribution < -0.4 is 10.1 Å². The molecule has 0 aromatic heterocycles. The lowest BCUT2D eigenvalue weighted by Crippen LogP contribution is -2.49. The molecular formula is C25H32N4O3. The summed E-state index contributed by atoms with van der Waals surface area (Å²) in [6.07, 6.45) is 1.61. The van der Waals surface area contributed by atoms with E-state index in [1.807, 2.05) is 45.9 Å². The summed E-state index contributed by atoms with van der Waals surface area (Å²) in [5.74, 6) is 0.790. The number of carbonyl (C=O) groups is 2. The Morgan fingerprint density at radius 1 is 1.00 bits per heavy atom. The number of ether oxygens (including phenoxy) is 1. The molecule has 1 N–H and O–H groups in total. The Morgan fingerprint density at radius 2 is 1.69 bits per heavy atom. The quantitative estimate of drug-likeness (QED) is 0.733. The van der Waals surface area contributed by atoms with Crippen molar-refractivity contribution in [3.63, 3.8) is 0 Å². The number of hydrogen-bond acceptors (Lipinski definition) is 3. The van der Waals surface area contributed by atoms with E-state index in [9.17, 15) is 9.59 Å². The lowest BCUT2D eigenvalue weighted by molar-refractivity contribution is 0.139. The number of nitrogens with one attached hydrogen (secondary N) is 1. The number of urea groups is 2. The summed E-state index contributed by atoms with van der Waals surface area (Å²) < 4.78 is 5.44. The standard InChI is InChI=1S/C25H32N4O3/c1-3-32-23-10-8-21(9-11-23)26-24(30)27-14-12-22(13-15-27)29-17-16-28(25(29)31)18-20-6-4-19(2)5-7-20/h4-11,22H,3,12-18H2,1-2H3,(H,26,30). The Labute approximate surface area is 189 Å². The first-order valence-electron chi connectivity index (χ1n) is 11.4. The van der Waals surface area contributed by atoms with Gasteiger partial charge in [-0.2, -0.15) is 0 Å². The first-order valence-corrected chi connectivity index (χ1v) is 11.4. The summed E-state index contributed by atoms with van der Waals surface area (Å²) in [5.41, 5.74) is 3.13. The normalized spacial score (nSPS) is 17.1. The molecule has 2 aliphatic rings. The van der Waals surface area contributed by atoms with Crippen LogP contribution in [0, 0.1) is 6.92 Å². The van der Waals surface area contributed by atoms with Gasteiger partial charge in [0.1, 0.15) is 5.75 Å². The van der Waals surface area contributed by atoms with Gasteiger partial charge in [0, 0.05) is 44.5 Å². The maximum absolute atomic E-state index is 13.0. The largest absolute Gasteiger partial charge is 0.494 e. The van der Waals surface area contributed by atoms with E-state index in [1.165, 1.54) is 5.56 Å². The van der Waals surface area contributed by atoms with Gasteiger partial charge in [-0.25, -0.2) is 9.59 Å². The predicted molar refractivity (Wildman–Crippen MR) is 125 cm³/mol. The third-order valence-corrected chi connectivity index (χ3v) is 6.23. The number of amides is 4. The van der Waals surface area contributed by atoms with Crippen molar-refractivity contribution >= 4 is 17.7 Å². The molecule has 0 saturated carbocycles. The van der Waals surface area contributed by atoms with Crippen LogP contribution in [-0.4, -0.2) is 65.6 Å². The molecule has 0 radical (unpaired) electrons. The lowest BCUT2D eigenvalue weighted by Gasteiger charge is -2.36. The van der Waals surface area contributed by atoms with Gasteiger partial charge in [0.15, 0.2) is 0 Å². The molecule has 0 atom stereocenters. The van der Waals surface area contributed by atoms with Crippen molar-refractivity contribution in [3.05, 3.63) is 59.7 Å². The number of anilines is 1. The molecule has 0 bridgehead atoms. The highest BCUT2D eigenvalue weighted by molar-refractivity contribution is 5.89. The van der Waals surface area contributed by atoms with Gasteiger partial charge >= 0.3 is 12.1 Å². The highest BCUT2D eigenvalue weighted by Crippen LogP contribution is 2.24. The first-order chi connectivity index (χ1) is 15.5. The SMILES string of the molecule is CCOc1ccc(NC(=O)N2CCC(N3CCN(Cc4ccc(C)cc4)C3=O)CC2)cc1. The Hall–Kier alpha value is -3.22. The second kappa shape index (κ2) is 9.94. The van der Waals surface area contributed by atoms with Gasteiger partial charge < -0.3 is 24.8 Å². The lowest BCUT2D eigenvalue weighted by atomic mass is 10.0. The minimum Gasteiger partial charge on any atom is -0.494 e. The summed E-state index contributed by atoms with van der Waals surface area (Å²) >= 11 is 0. The fourth-order valence-corrected chi connectivity index (χ4v) is 4.39. The van der Waals surface area contributed by atoms with Gasteiger partial charge in [-0.3, -0.25) is 0 Å². The topological polar surface area (TPSA) is 65.1 Å². The van der Waals surface area contributed by atoms with Gasteiger partial charge in [-0.1, -0.05) is 29.8 Å². The van der Waals surface area contributed by atoms with Gasteiger partial charge in [0.25, 0.3) is 0 Å². The third-order valence-electron chi connectivity index (χ3n) is 6.23. The molecule has 7 nitrogen and oxygen atoms in total. The fourth-order valence-electron chi connectivity index (χ4n) is 4.39. The van der Waals surface area contributed by atoms with Crippen molar-refractivity contribution in [1.82, 2.24) is 14.7 Å². The van der Waals surface area contributed by atoms with Gasteiger partial charge in [0.2, 0.25) is 0 Å². The Kier molecular flexibility index (Phi) is 6.83. The van der Waals surface area contributed by atoms with Gasteiger partial charge in [0.05, 0.1) is 6.61 Å². The van der Waals surface area contributed by atoms with Crippen LogP contribution in [0.25, 0.3) is 0 Å². The van der Waals surface area contributed by atoms with Crippen LogP contribution in [0.1, 0.15) is 30.9 Å². The number of aryl methyl sites for hydroxylation is 1. The molecule has 0 aliphatic carbocycles. The Morgan fingerprint density at radius 3 is 2.34 bits per heavy atom. The number of hydrogen-bond donors (Lipinski definition) is 1. The van der Waals surface area contributed by atoms with Crippen molar-refractivity contribution in [2.24, 2.45) is 0 Å². The molecule has 0 unspecified atom stereocenters. The number of likely N-dealkylation sites (tertiary alicyclic amines) is 1. The monoisotopic (exact) mass is 436 g/mol. The minimum atomic E-state index is -0.0960. The van der Waals surface area contributed by atoms with Crippen LogP contribution in [0.3, 0.4) is 0 Å². The third kappa shape index (κ3) is 5.15. The number of carbonyl (C=O) groups excluding carboxylic acids is 2. The van der Waals surface area contributed by atoms with Crippen molar-refractivity contribution in [1.29, 1.82) is 0 Å². The van der Waals surface area contributed by atoms with Crippen LogP contribution in [-0.2, 0) is 6.54 Å². The molecule has 2 aliphatic heterocycles. The zero-order valence-corrected chi connectivity index (χ0v) is 18.9. The maximum Gasteiger partial charge on any atom is 0.321 e. The number of piperidine rings is 1. The number of nitrogens with zero attached hydrogens (tertiary/aromatic N) is 3. The second-order valence-corrected chi connectivity index (χ2v) is 8.49. The van der Waals surface area contributed by atoms with Crippen molar-refractivity contribution in [3.8, 4) is 5.75 Å².